The highest BCUT2D eigenvalue weighted by Gasteiger charge is 2.20. The van der Waals surface area contributed by atoms with Crippen LogP contribution >= 0.6 is 26.6 Å². The van der Waals surface area contributed by atoms with E-state index in [0.29, 0.717) is 4.47 Å². The molecule has 0 aromatic heterocycles. The summed E-state index contributed by atoms with van der Waals surface area (Å²) in [5, 5.41) is 8.68. The quantitative estimate of drug-likeness (QED) is 0.849. The fourth-order valence-corrected chi connectivity index (χ4v) is 2.46. The molecule has 0 saturated heterocycles. The summed E-state index contributed by atoms with van der Waals surface area (Å²) in [6.07, 6.45) is 0. The van der Waals surface area contributed by atoms with Crippen molar-refractivity contribution in [1.82, 2.24) is 0 Å². The van der Waals surface area contributed by atoms with Crippen LogP contribution in [0.5, 0.6) is 0 Å². The van der Waals surface area contributed by atoms with Crippen LogP contribution in [0, 0.1) is 0 Å². The van der Waals surface area contributed by atoms with E-state index < -0.39 is 19.9 Å². The molecule has 0 heterocycles. The zero-order valence-corrected chi connectivity index (χ0v) is 9.73. The molecule has 7 heteroatoms. The molecule has 0 radical (unpaired) electrons. The lowest BCUT2D eigenvalue weighted by Gasteiger charge is -2.02. The van der Waals surface area contributed by atoms with E-state index in [9.17, 15) is 13.2 Å². The van der Waals surface area contributed by atoms with Gasteiger partial charge in [0, 0.05) is 15.2 Å². The molecule has 0 aliphatic rings. The van der Waals surface area contributed by atoms with Crippen LogP contribution in [-0.2, 0) is 9.05 Å². The Balaban J connectivity index is 3.54. The molecule has 0 spiro atoms. The predicted molar refractivity (Wildman–Crippen MR) is 54.1 cm³/mol. The van der Waals surface area contributed by atoms with E-state index in [-0.39, 0.29) is 5.56 Å². The maximum absolute atomic E-state index is 11.0. The molecule has 76 valence electrons. The molecule has 0 fully saturated rings. The molecule has 1 N–H and O–H groups in total. The number of rotatable bonds is 2. The molecule has 4 nitrogen and oxygen atoms in total. The largest absolute Gasteiger partial charge is 0.478 e. The minimum Gasteiger partial charge on any atom is -0.478 e. The second-order valence-corrected chi connectivity index (χ2v) is 5.83. The summed E-state index contributed by atoms with van der Waals surface area (Å²) in [5.74, 6) is -1.34. The smallest absolute Gasteiger partial charge is 0.337 e. The molecule has 1 aromatic rings. The Bertz CT molecular complexity index is 482. The molecule has 14 heavy (non-hydrogen) atoms. The molecule has 0 amide bonds. The second-order valence-electron chi connectivity index (χ2n) is 2.38. The maximum Gasteiger partial charge on any atom is 0.337 e. The van der Waals surface area contributed by atoms with Gasteiger partial charge in [0.15, 0.2) is 0 Å². The van der Waals surface area contributed by atoms with Crippen LogP contribution in [0.15, 0.2) is 27.6 Å². The summed E-state index contributed by atoms with van der Waals surface area (Å²) in [4.78, 5) is 10.2. The zero-order valence-electron chi connectivity index (χ0n) is 6.57. The third-order valence-corrected chi connectivity index (χ3v) is 3.29. The van der Waals surface area contributed by atoms with Crippen molar-refractivity contribution in [3.05, 3.63) is 28.2 Å². The van der Waals surface area contributed by atoms with Gasteiger partial charge in [-0.15, -0.1) is 0 Å². The third-order valence-electron chi connectivity index (χ3n) is 1.44. The molecule has 0 unspecified atom stereocenters. The predicted octanol–water partition coefficient (Wildman–Crippen LogP) is 2.07. The molecular formula is C7H4BrClO4S. The van der Waals surface area contributed by atoms with Crippen LogP contribution < -0.4 is 0 Å². The van der Waals surface area contributed by atoms with Gasteiger partial charge in [0.05, 0.1) is 10.5 Å². The standard InChI is InChI=1S/C7H4BrClO4S/c8-4-1-2-5(7(10)11)6(3-4)14(9,12)13/h1-3H,(H,10,11). The molecular weight excluding hydrogens is 295 g/mol. The first kappa shape index (κ1) is 11.5. The van der Waals surface area contributed by atoms with Gasteiger partial charge in [-0.3, -0.25) is 0 Å². The number of carbonyl (C=O) groups is 1. The lowest BCUT2D eigenvalue weighted by molar-refractivity contribution is 0.0692. The normalized spacial score (nSPS) is 11.3. The van der Waals surface area contributed by atoms with E-state index >= 15 is 0 Å². The molecule has 0 aliphatic carbocycles. The van der Waals surface area contributed by atoms with Gasteiger partial charge in [-0.05, 0) is 18.2 Å². The Morgan fingerprint density at radius 1 is 1.43 bits per heavy atom. The Labute approximate surface area is 93.1 Å². The first-order valence-electron chi connectivity index (χ1n) is 3.30. The van der Waals surface area contributed by atoms with Gasteiger partial charge in [0.2, 0.25) is 0 Å². The number of hydrogen-bond donors (Lipinski definition) is 1. The topological polar surface area (TPSA) is 71.4 Å². The van der Waals surface area contributed by atoms with Gasteiger partial charge >= 0.3 is 5.97 Å². The van der Waals surface area contributed by atoms with Crippen LogP contribution in [0.3, 0.4) is 0 Å². The zero-order chi connectivity index (χ0) is 10.9. The van der Waals surface area contributed by atoms with E-state index in [1.165, 1.54) is 12.1 Å². The average molecular weight is 300 g/mol. The molecule has 1 aromatic carbocycles. The summed E-state index contributed by atoms with van der Waals surface area (Å²) >= 11 is 3.02. The van der Waals surface area contributed by atoms with Gasteiger partial charge in [0.25, 0.3) is 9.05 Å². The number of hydrogen-bond acceptors (Lipinski definition) is 3. The highest BCUT2D eigenvalue weighted by molar-refractivity contribution is 9.10. The minimum atomic E-state index is -4.04. The molecule has 0 atom stereocenters. The Hall–Kier alpha value is -0.590. The Morgan fingerprint density at radius 2 is 2.00 bits per heavy atom. The van der Waals surface area contributed by atoms with E-state index in [0.717, 1.165) is 6.07 Å². The Morgan fingerprint density at radius 3 is 2.43 bits per heavy atom. The Kier molecular flexibility index (Phi) is 3.18. The van der Waals surface area contributed by atoms with Crippen LogP contribution in [0.4, 0.5) is 0 Å². The van der Waals surface area contributed by atoms with Crippen molar-refractivity contribution in [3.63, 3.8) is 0 Å². The number of benzene rings is 1. The molecule has 1 rings (SSSR count). The SMILES string of the molecule is O=C(O)c1ccc(Br)cc1S(=O)(=O)Cl. The summed E-state index contributed by atoms with van der Waals surface area (Å²) < 4.78 is 22.4. The first-order chi connectivity index (χ1) is 6.32. The minimum absolute atomic E-state index is 0.344. The van der Waals surface area contributed by atoms with E-state index in [4.69, 9.17) is 15.8 Å². The van der Waals surface area contributed by atoms with Crippen molar-refractivity contribution in [2.75, 3.05) is 0 Å². The van der Waals surface area contributed by atoms with Crippen LogP contribution in [-0.4, -0.2) is 19.5 Å². The maximum atomic E-state index is 11.0. The third kappa shape index (κ3) is 2.46. The molecule has 0 aliphatic heterocycles. The number of carboxylic acids is 1. The van der Waals surface area contributed by atoms with Crippen molar-refractivity contribution in [2.45, 2.75) is 4.90 Å². The van der Waals surface area contributed by atoms with Crippen molar-refractivity contribution in [2.24, 2.45) is 0 Å². The molecule has 0 saturated carbocycles. The summed E-state index contributed by atoms with van der Waals surface area (Å²) in [6, 6.07) is 3.74. The van der Waals surface area contributed by atoms with Crippen LogP contribution in [0.2, 0.25) is 0 Å². The highest BCUT2D eigenvalue weighted by atomic mass is 79.9. The van der Waals surface area contributed by atoms with Crippen LogP contribution in [0.25, 0.3) is 0 Å². The monoisotopic (exact) mass is 298 g/mol. The van der Waals surface area contributed by atoms with E-state index in [2.05, 4.69) is 15.9 Å². The fourth-order valence-electron chi connectivity index (χ4n) is 0.875. The van der Waals surface area contributed by atoms with Gasteiger partial charge in [-0.1, -0.05) is 15.9 Å². The average Bonchev–Trinajstić information content (AvgIpc) is 2.01. The van der Waals surface area contributed by atoms with Crippen LogP contribution in [0.1, 0.15) is 10.4 Å². The van der Waals surface area contributed by atoms with Gasteiger partial charge < -0.3 is 5.11 Å². The summed E-state index contributed by atoms with van der Waals surface area (Å²) in [6.45, 7) is 0. The van der Waals surface area contributed by atoms with Crippen molar-refractivity contribution in [3.8, 4) is 0 Å². The van der Waals surface area contributed by atoms with Crippen molar-refractivity contribution in [1.29, 1.82) is 0 Å². The number of carboxylic acid groups (broad SMARTS) is 1. The fraction of sp³-hybridized carbons (Fsp3) is 0. The summed E-state index contributed by atoms with van der Waals surface area (Å²) in [7, 11) is 1.03. The first-order valence-corrected chi connectivity index (χ1v) is 6.40. The number of aromatic carboxylic acids is 1. The highest BCUT2D eigenvalue weighted by Crippen LogP contribution is 2.24. The number of halogens is 2. The summed E-state index contributed by atoms with van der Waals surface area (Å²) in [5.41, 5.74) is -0.344. The second kappa shape index (κ2) is 3.88. The van der Waals surface area contributed by atoms with Gasteiger partial charge in [-0.2, -0.15) is 0 Å². The lowest BCUT2D eigenvalue weighted by atomic mass is 10.2. The van der Waals surface area contributed by atoms with Crippen molar-refractivity contribution < 1.29 is 18.3 Å². The van der Waals surface area contributed by atoms with E-state index in [1.807, 2.05) is 0 Å². The van der Waals surface area contributed by atoms with Gasteiger partial charge in [0.1, 0.15) is 0 Å². The van der Waals surface area contributed by atoms with Crippen molar-refractivity contribution >= 4 is 41.6 Å². The lowest BCUT2D eigenvalue weighted by Crippen LogP contribution is -2.04. The van der Waals surface area contributed by atoms with Gasteiger partial charge in [-0.25, -0.2) is 13.2 Å². The molecule has 0 bridgehead atoms. The van der Waals surface area contributed by atoms with E-state index in [1.54, 1.807) is 0 Å².